The van der Waals surface area contributed by atoms with Gasteiger partial charge in [-0.1, -0.05) is 29.8 Å². The lowest BCUT2D eigenvalue weighted by Crippen LogP contribution is -2.54. The molecule has 1 amide bonds. The summed E-state index contributed by atoms with van der Waals surface area (Å²) < 4.78 is 5.08. The van der Waals surface area contributed by atoms with Gasteiger partial charge >= 0.3 is 0 Å². The summed E-state index contributed by atoms with van der Waals surface area (Å²) in [5.74, 6) is 2.11. The first-order valence-electron chi connectivity index (χ1n) is 15.1. The minimum atomic E-state index is -0.104. The van der Waals surface area contributed by atoms with Gasteiger partial charge in [-0.3, -0.25) is 24.5 Å². The molecule has 6 rings (SSSR count). The van der Waals surface area contributed by atoms with E-state index in [1.807, 2.05) is 24.3 Å². The van der Waals surface area contributed by atoms with E-state index in [0.29, 0.717) is 25.0 Å². The molecular weight excluding hydrogens is 530 g/mol. The topological polar surface area (TPSA) is 100 Å². The minimum absolute atomic E-state index is 0.0630. The summed E-state index contributed by atoms with van der Waals surface area (Å²) in [6, 6.07) is 15.8. The number of hydroxylamine groups is 2. The molecule has 2 aromatic heterocycles. The van der Waals surface area contributed by atoms with Gasteiger partial charge in [0.2, 0.25) is 0 Å². The molecule has 3 aromatic rings. The van der Waals surface area contributed by atoms with E-state index in [4.69, 9.17) is 9.57 Å². The van der Waals surface area contributed by atoms with Gasteiger partial charge < -0.3 is 15.2 Å². The molecule has 0 saturated carbocycles. The summed E-state index contributed by atoms with van der Waals surface area (Å²) in [7, 11) is 1.67. The third-order valence-electron chi connectivity index (χ3n) is 8.53. The highest BCUT2D eigenvalue weighted by Crippen LogP contribution is 2.30. The van der Waals surface area contributed by atoms with Crippen molar-refractivity contribution in [2.45, 2.75) is 63.5 Å². The van der Waals surface area contributed by atoms with Gasteiger partial charge in [0.15, 0.2) is 0 Å². The van der Waals surface area contributed by atoms with Crippen molar-refractivity contribution in [1.29, 1.82) is 0 Å². The molecule has 3 aliphatic heterocycles. The predicted molar refractivity (Wildman–Crippen MR) is 161 cm³/mol. The number of hydrogen-bond donors (Lipinski definition) is 2. The number of amides is 1. The highest BCUT2D eigenvalue weighted by molar-refractivity contribution is 5.81. The van der Waals surface area contributed by atoms with Crippen molar-refractivity contribution < 1.29 is 19.5 Å². The number of rotatable bonds is 6. The molecule has 5 heterocycles. The molecule has 3 fully saturated rings. The van der Waals surface area contributed by atoms with Gasteiger partial charge in [0.1, 0.15) is 11.5 Å². The second-order valence-corrected chi connectivity index (χ2v) is 11.4. The summed E-state index contributed by atoms with van der Waals surface area (Å²) >= 11 is 0. The molecule has 3 saturated heterocycles. The number of aryl methyl sites for hydroxylation is 1. The Bertz CT molecular complexity index is 1260. The number of methoxy groups -OCH3 is 1. The van der Waals surface area contributed by atoms with Crippen molar-refractivity contribution in [1.82, 2.24) is 25.2 Å². The second-order valence-electron chi connectivity index (χ2n) is 11.4. The molecular formula is C33H43N5O4. The maximum atomic E-state index is 13.0. The maximum absolute atomic E-state index is 13.0. The van der Waals surface area contributed by atoms with Gasteiger partial charge in [-0.2, -0.15) is 0 Å². The molecule has 0 radical (unpaired) electrons. The van der Waals surface area contributed by atoms with E-state index < -0.39 is 0 Å². The standard InChI is InChI=1S/C22H27N3O3.C11H16N2O/c1-16-2-4-17(5-3-16)15-25-22(27)21(10-13-28-25)24-11-8-18(9-12-24)20-7-6-19(26)14-23-20;1-14-10-2-3-11(13-8-10)9-4-6-12-7-5-9/h2-7,14,18,21,26H,8-13,15H2,1H3;2-3,8-9,12H,4-7H2,1H3. The van der Waals surface area contributed by atoms with E-state index >= 15 is 0 Å². The van der Waals surface area contributed by atoms with Crippen molar-refractivity contribution in [3.8, 4) is 11.5 Å². The Balaban J connectivity index is 0.000000211. The zero-order valence-electron chi connectivity index (χ0n) is 24.7. The summed E-state index contributed by atoms with van der Waals surface area (Å²) in [6.45, 7) is 7.09. The normalized spacial score (nSPS) is 20.6. The molecule has 3 aliphatic rings. The number of carbonyl (C=O) groups is 1. The van der Waals surface area contributed by atoms with E-state index in [1.165, 1.54) is 35.4 Å². The summed E-state index contributed by atoms with van der Waals surface area (Å²) in [5, 5.41) is 14.3. The van der Waals surface area contributed by atoms with E-state index in [-0.39, 0.29) is 17.7 Å². The molecule has 1 atom stereocenters. The smallest absolute Gasteiger partial charge is 0.263 e. The first kappa shape index (κ1) is 29.9. The number of piperidine rings is 2. The van der Waals surface area contributed by atoms with Gasteiger partial charge in [-0.25, -0.2) is 5.06 Å². The lowest BCUT2D eigenvalue weighted by atomic mass is 9.91. The van der Waals surface area contributed by atoms with Crippen LogP contribution in [0.25, 0.3) is 0 Å². The Morgan fingerprint density at radius 2 is 1.57 bits per heavy atom. The van der Waals surface area contributed by atoms with Gasteiger partial charge in [-0.15, -0.1) is 0 Å². The van der Waals surface area contributed by atoms with Crippen LogP contribution in [0.2, 0.25) is 0 Å². The number of benzene rings is 1. The minimum Gasteiger partial charge on any atom is -0.506 e. The highest BCUT2D eigenvalue weighted by atomic mass is 16.7. The Kier molecular flexibility index (Phi) is 10.4. The monoisotopic (exact) mass is 573 g/mol. The van der Waals surface area contributed by atoms with Gasteiger partial charge in [0.05, 0.1) is 38.7 Å². The lowest BCUT2D eigenvalue weighted by Gasteiger charge is -2.41. The van der Waals surface area contributed by atoms with Crippen LogP contribution in [-0.4, -0.2) is 76.9 Å². The number of ether oxygens (including phenoxy) is 1. The van der Waals surface area contributed by atoms with Gasteiger partial charge in [-0.05, 0) is 95.0 Å². The fourth-order valence-corrected chi connectivity index (χ4v) is 5.97. The van der Waals surface area contributed by atoms with Crippen molar-refractivity contribution >= 4 is 5.91 Å². The number of likely N-dealkylation sites (tertiary alicyclic amines) is 1. The summed E-state index contributed by atoms with van der Waals surface area (Å²) in [4.78, 5) is 29.7. The van der Waals surface area contributed by atoms with Crippen molar-refractivity contribution in [3.05, 3.63) is 83.4 Å². The zero-order chi connectivity index (χ0) is 29.3. The van der Waals surface area contributed by atoms with E-state index in [2.05, 4.69) is 45.3 Å². The molecule has 1 unspecified atom stereocenters. The largest absolute Gasteiger partial charge is 0.506 e. The van der Waals surface area contributed by atoms with Crippen LogP contribution in [0.1, 0.15) is 66.5 Å². The zero-order valence-corrected chi connectivity index (χ0v) is 24.7. The Hall–Kier alpha value is -3.53. The van der Waals surface area contributed by atoms with Crippen LogP contribution in [0.4, 0.5) is 0 Å². The third-order valence-corrected chi connectivity index (χ3v) is 8.53. The molecule has 224 valence electrons. The fourth-order valence-electron chi connectivity index (χ4n) is 5.97. The van der Waals surface area contributed by atoms with Crippen LogP contribution in [0.3, 0.4) is 0 Å². The molecule has 2 N–H and O–H groups in total. The Morgan fingerprint density at radius 3 is 2.19 bits per heavy atom. The van der Waals surface area contributed by atoms with Gasteiger partial charge in [0.25, 0.3) is 5.91 Å². The molecule has 9 nitrogen and oxygen atoms in total. The summed E-state index contributed by atoms with van der Waals surface area (Å²) in [6.07, 6.45) is 8.38. The molecule has 1 aromatic carbocycles. The number of nitrogens with one attached hydrogen (secondary N) is 1. The maximum Gasteiger partial charge on any atom is 0.263 e. The average molecular weight is 574 g/mol. The average Bonchev–Trinajstić information content (AvgIpc) is 3.04. The number of hydrogen-bond acceptors (Lipinski definition) is 8. The number of pyridine rings is 2. The van der Waals surface area contributed by atoms with E-state index in [1.54, 1.807) is 19.4 Å². The van der Waals surface area contributed by atoms with Crippen LogP contribution in [0.15, 0.2) is 60.9 Å². The first-order valence-corrected chi connectivity index (χ1v) is 15.1. The SMILES string of the molecule is COc1ccc(C2CCNCC2)nc1.Cc1ccc(CN2OCCC(N3CCC(c4ccc(O)cn4)CC3)C2=O)cc1. The van der Waals surface area contributed by atoms with Crippen LogP contribution < -0.4 is 10.1 Å². The molecule has 0 aliphatic carbocycles. The lowest BCUT2D eigenvalue weighted by molar-refractivity contribution is -0.212. The van der Waals surface area contributed by atoms with E-state index in [0.717, 1.165) is 62.4 Å². The fraction of sp³-hybridized carbons (Fsp3) is 0.485. The highest BCUT2D eigenvalue weighted by Gasteiger charge is 2.36. The number of aromatic nitrogens is 2. The van der Waals surface area contributed by atoms with Crippen LogP contribution in [0.5, 0.6) is 11.5 Å². The second kappa shape index (κ2) is 14.6. The number of aromatic hydroxyl groups is 1. The Labute approximate surface area is 248 Å². The van der Waals surface area contributed by atoms with Crippen LogP contribution in [-0.2, 0) is 16.2 Å². The van der Waals surface area contributed by atoms with E-state index in [9.17, 15) is 9.90 Å². The molecule has 42 heavy (non-hydrogen) atoms. The molecule has 0 bridgehead atoms. The van der Waals surface area contributed by atoms with Crippen molar-refractivity contribution in [3.63, 3.8) is 0 Å². The number of carbonyl (C=O) groups excluding carboxylic acids is 1. The van der Waals surface area contributed by atoms with Crippen molar-refractivity contribution in [2.24, 2.45) is 0 Å². The first-order chi connectivity index (χ1) is 20.5. The van der Waals surface area contributed by atoms with Crippen LogP contribution in [0, 0.1) is 6.92 Å². The predicted octanol–water partition coefficient (Wildman–Crippen LogP) is 4.56. The molecule has 0 spiro atoms. The Morgan fingerprint density at radius 1 is 0.905 bits per heavy atom. The summed E-state index contributed by atoms with van der Waals surface area (Å²) in [5.41, 5.74) is 4.51. The van der Waals surface area contributed by atoms with Gasteiger partial charge in [0, 0.05) is 23.2 Å². The van der Waals surface area contributed by atoms with Crippen LogP contribution >= 0.6 is 0 Å². The quantitative estimate of drug-likeness (QED) is 0.443. The number of nitrogens with zero attached hydrogens (tertiary/aromatic N) is 4. The van der Waals surface area contributed by atoms with Crippen molar-refractivity contribution in [2.75, 3.05) is 39.9 Å². The molecule has 9 heteroatoms. The third kappa shape index (κ3) is 7.85.